The Labute approximate surface area is 133 Å². The largest absolute Gasteiger partial charge is 0.303 e. The van der Waals surface area contributed by atoms with Crippen LogP contribution in [-0.2, 0) is 0 Å². The van der Waals surface area contributed by atoms with Crippen LogP contribution in [-0.4, -0.2) is 0 Å². The van der Waals surface area contributed by atoms with E-state index < -0.39 is 0 Å². The van der Waals surface area contributed by atoms with E-state index in [2.05, 4.69) is 76.3 Å². The normalized spacial score (nSPS) is 14.4. The van der Waals surface area contributed by atoms with Gasteiger partial charge in [0.05, 0.1) is 0 Å². The molecular formula is C19H27NS. The van der Waals surface area contributed by atoms with Gasteiger partial charge in [0.25, 0.3) is 0 Å². The molecule has 1 N–H and O–H groups in total. The predicted octanol–water partition coefficient (Wildman–Crippen LogP) is 5.80. The maximum absolute atomic E-state index is 3.84. The van der Waals surface area contributed by atoms with Crippen LogP contribution in [0.3, 0.4) is 0 Å². The maximum atomic E-state index is 3.84. The van der Waals surface area contributed by atoms with E-state index in [9.17, 15) is 0 Å². The highest BCUT2D eigenvalue weighted by Gasteiger charge is 2.18. The summed E-state index contributed by atoms with van der Waals surface area (Å²) in [5.41, 5.74) is 2.84. The highest BCUT2D eigenvalue weighted by Crippen LogP contribution is 2.30. The summed E-state index contributed by atoms with van der Waals surface area (Å²) in [6.45, 7) is 11.3. The first kappa shape index (κ1) is 16.3. The molecule has 0 aliphatic carbocycles. The molecule has 0 bridgehead atoms. The third-order valence-corrected chi connectivity index (χ3v) is 4.89. The molecule has 2 heteroatoms. The van der Waals surface area contributed by atoms with E-state index >= 15 is 0 Å². The first-order valence-corrected chi connectivity index (χ1v) is 8.67. The van der Waals surface area contributed by atoms with Gasteiger partial charge in [0.15, 0.2) is 0 Å². The van der Waals surface area contributed by atoms with E-state index in [-0.39, 0.29) is 0 Å². The zero-order valence-corrected chi connectivity index (χ0v) is 14.6. The van der Waals surface area contributed by atoms with Crippen LogP contribution in [0.25, 0.3) is 0 Å². The van der Waals surface area contributed by atoms with E-state index in [1.165, 1.54) is 20.9 Å². The molecule has 2 rings (SSSR count). The molecule has 21 heavy (non-hydrogen) atoms. The van der Waals surface area contributed by atoms with Crippen LogP contribution in [0.1, 0.15) is 60.2 Å². The zero-order chi connectivity index (χ0) is 15.4. The number of hydrogen-bond donors (Lipinski definition) is 1. The molecule has 0 amide bonds. The summed E-state index contributed by atoms with van der Waals surface area (Å²) in [7, 11) is 0. The Balaban J connectivity index is 2.17. The molecule has 2 atom stereocenters. The van der Waals surface area contributed by atoms with E-state index in [1.54, 1.807) is 0 Å². The van der Waals surface area contributed by atoms with Gasteiger partial charge in [0.2, 0.25) is 0 Å². The number of nitrogens with one attached hydrogen (secondary N) is 1. The van der Waals surface area contributed by atoms with Crippen molar-refractivity contribution in [1.82, 2.24) is 5.32 Å². The van der Waals surface area contributed by atoms with Gasteiger partial charge in [-0.05, 0) is 50.3 Å². The van der Waals surface area contributed by atoms with E-state index in [0.717, 1.165) is 6.42 Å². The first-order chi connectivity index (χ1) is 9.97. The Kier molecular flexibility index (Phi) is 5.60. The number of benzene rings is 1. The van der Waals surface area contributed by atoms with Crippen molar-refractivity contribution in [2.45, 2.75) is 53.1 Å². The van der Waals surface area contributed by atoms with Crippen molar-refractivity contribution in [2.75, 3.05) is 0 Å². The van der Waals surface area contributed by atoms with Gasteiger partial charge in [0, 0.05) is 21.8 Å². The second-order valence-corrected chi connectivity index (χ2v) is 7.81. The van der Waals surface area contributed by atoms with Gasteiger partial charge in [0.1, 0.15) is 0 Å². The molecule has 114 valence electrons. The summed E-state index contributed by atoms with van der Waals surface area (Å²) in [4.78, 5) is 2.83. The van der Waals surface area contributed by atoms with Crippen molar-refractivity contribution < 1.29 is 0 Å². The number of rotatable bonds is 6. The Bertz CT molecular complexity index is 556. The van der Waals surface area contributed by atoms with Crippen LogP contribution < -0.4 is 5.32 Å². The zero-order valence-electron chi connectivity index (χ0n) is 13.8. The highest BCUT2D eigenvalue weighted by molar-refractivity contribution is 7.12. The first-order valence-electron chi connectivity index (χ1n) is 7.85. The molecule has 0 saturated carbocycles. The average molecular weight is 301 g/mol. The summed E-state index contributed by atoms with van der Waals surface area (Å²) in [6.07, 6.45) is 1.16. The molecule has 0 aliphatic rings. The molecule has 0 saturated heterocycles. The van der Waals surface area contributed by atoms with Crippen molar-refractivity contribution in [3.8, 4) is 0 Å². The number of aryl methyl sites for hydroxylation is 2. The molecule has 1 heterocycles. The van der Waals surface area contributed by atoms with Crippen molar-refractivity contribution in [2.24, 2.45) is 5.92 Å². The maximum Gasteiger partial charge on any atom is 0.0328 e. The smallest absolute Gasteiger partial charge is 0.0328 e. The Morgan fingerprint density at radius 1 is 1.05 bits per heavy atom. The fourth-order valence-corrected chi connectivity index (χ4v) is 3.95. The van der Waals surface area contributed by atoms with Crippen LogP contribution in [0.2, 0.25) is 0 Å². The lowest BCUT2D eigenvalue weighted by atomic mass is 9.95. The summed E-state index contributed by atoms with van der Waals surface area (Å²) in [5, 5.41) is 3.84. The van der Waals surface area contributed by atoms with Gasteiger partial charge in [-0.25, -0.2) is 0 Å². The van der Waals surface area contributed by atoms with Gasteiger partial charge in [-0.2, -0.15) is 0 Å². The van der Waals surface area contributed by atoms with Crippen LogP contribution in [0.4, 0.5) is 0 Å². The number of thiophene rings is 1. The van der Waals surface area contributed by atoms with Crippen LogP contribution >= 0.6 is 11.3 Å². The lowest BCUT2D eigenvalue weighted by Gasteiger charge is -2.25. The summed E-state index contributed by atoms with van der Waals surface area (Å²) in [6, 6.07) is 14.0. The van der Waals surface area contributed by atoms with Crippen LogP contribution in [0.15, 0.2) is 36.4 Å². The van der Waals surface area contributed by atoms with E-state index in [1.807, 2.05) is 11.3 Å². The van der Waals surface area contributed by atoms with Gasteiger partial charge < -0.3 is 5.32 Å². The molecule has 1 aromatic carbocycles. The van der Waals surface area contributed by atoms with Gasteiger partial charge >= 0.3 is 0 Å². The molecule has 2 aromatic rings. The molecule has 2 unspecified atom stereocenters. The molecule has 0 aliphatic heterocycles. The minimum Gasteiger partial charge on any atom is -0.303 e. The lowest BCUT2D eigenvalue weighted by molar-refractivity contribution is 0.394. The second-order valence-electron chi connectivity index (χ2n) is 6.35. The van der Waals surface area contributed by atoms with E-state index in [4.69, 9.17) is 0 Å². The Hall–Kier alpha value is -1.12. The molecule has 0 radical (unpaired) electrons. The van der Waals surface area contributed by atoms with Gasteiger partial charge in [-0.15, -0.1) is 11.3 Å². The summed E-state index contributed by atoms with van der Waals surface area (Å²) >= 11 is 1.89. The van der Waals surface area contributed by atoms with Crippen molar-refractivity contribution >= 4 is 11.3 Å². The number of hydrogen-bond acceptors (Lipinski definition) is 2. The molecule has 0 spiro atoms. The lowest BCUT2D eigenvalue weighted by Crippen LogP contribution is -2.26. The molecular weight excluding hydrogens is 274 g/mol. The standard InChI is InChI=1S/C19H27NS/c1-13(2)11-19(17-9-7-6-8-10-17)20-15(4)18-12-14(3)21-16(18)5/h6-10,12-13,15,19-20H,11H2,1-5H3. The van der Waals surface area contributed by atoms with Crippen molar-refractivity contribution in [1.29, 1.82) is 0 Å². The topological polar surface area (TPSA) is 12.0 Å². The third kappa shape index (κ3) is 4.42. The monoisotopic (exact) mass is 301 g/mol. The third-order valence-electron chi connectivity index (χ3n) is 3.91. The van der Waals surface area contributed by atoms with Crippen molar-refractivity contribution in [3.63, 3.8) is 0 Å². The van der Waals surface area contributed by atoms with Crippen LogP contribution in [0.5, 0.6) is 0 Å². The Morgan fingerprint density at radius 3 is 2.24 bits per heavy atom. The van der Waals surface area contributed by atoms with Gasteiger partial charge in [-0.3, -0.25) is 0 Å². The summed E-state index contributed by atoms with van der Waals surface area (Å²) < 4.78 is 0. The fourth-order valence-electron chi connectivity index (χ4n) is 2.93. The second kappa shape index (κ2) is 7.24. The SMILES string of the molecule is Cc1cc(C(C)NC(CC(C)C)c2ccccc2)c(C)s1. The summed E-state index contributed by atoms with van der Waals surface area (Å²) in [5.74, 6) is 0.681. The van der Waals surface area contributed by atoms with Gasteiger partial charge in [-0.1, -0.05) is 44.2 Å². The minimum absolute atomic E-state index is 0.388. The minimum atomic E-state index is 0.388. The van der Waals surface area contributed by atoms with Crippen molar-refractivity contribution in [3.05, 3.63) is 57.3 Å². The molecule has 1 aromatic heterocycles. The molecule has 0 fully saturated rings. The fraction of sp³-hybridized carbons (Fsp3) is 0.474. The van der Waals surface area contributed by atoms with E-state index in [0.29, 0.717) is 18.0 Å². The average Bonchev–Trinajstić information content (AvgIpc) is 2.77. The highest BCUT2D eigenvalue weighted by atomic mass is 32.1. The Morgan fingerprint density at radius 2 is 1.71 bits per heavy atom. The quantitative estimate of drug-likeness (QED) is 0.710. The van der Waals surface area contributed by atoms with Crippen LogP contribution in [0, 0.1) is 19.8 Å². The molecule has 1 nitrogen and oxygen atoms in total. The predicted molar refractivity (Wildman–Crippen MR) is 94.0 cm³/mol.